The molecule has 0 saturated carbocycles. The summed E-state index contributed by atoms with van der Waals surface area (Å²) in [5.41, 5.74) is 0.837. The van der Waals surface area contributed by atoms with Crippen LogP contribution in [0.25, 0.3) is 11.5 Å². The summed E-state index contributed by atoms with van der Waals surface area (Å²) in [6.07, 6.45) is 0. The zero-order chi connectivity index (χ0) is 17.0. The minimum Gasteiger partial charge on any atom is -0.409 e. The van der Waals surface area contributed by atoms with Gasteiger partial charge in [0.1, 0.15) is 0 Å². The van der Waals surface area contributed by atoms with Crippen LogP contribution in [0, 0.1) is 4.84 Å². The molecule has 0 atom stereocenters. The zero-order valence-corrected chi connectivity index (χ0v) is 15.6. The Hall–Kier alpha value is -1.51. The van der Waals surface area contributed by atoms with E-state index in [1.54, 1.807) is 4.68 Å². The van der Waals surface area contributed by atoms with Gasteiger partial charge < -0.3 is 9.73 Å². The van der Waals surface area contributed by atoms with Gasteiger partial charge in [-0.3, -0.25) is 9.69 Å². The topological polar surface area (TPSA) is 63.3 Å². The number of carbonyl (C=O) groups excluding carboxylic acids is 1. The van der Waals surface area contributed by atoms with Crippen molar-refractivity contribution in [3.8, 4) is 11.5 Å². The Morgan fingerprint density at radius 2 is 2.26 bits per heavy atom. The van der Waals surface area contributed by atoms with Gasteiger partial charge in [-0.05, 0) is 51.3 Å². The van der Waals surface area contributed by atoms with Crippen molar-refractivity contribution in [2.75, 3.05) is 13.6 Å². The second-order valence-corrected chi connectivity index (χ2v) is 6.83. The average Bonchev–Trinajstić information content (AvgIpc) is 2.79. The van der Waals surface area contributed by atoms with Gasteiger partial charge in [-0.2, -0.15) is 0 Å². The normalized spacial score (nSPS) is 11.2. The van der Waals surface area contributed by atoms with Crippen molar-refractivity contribution < 1.29 is 9.21 Å². The summed E-state index contributed by atoms with van der Waals surface area (Å²) in [6, 6.07) is 7.75. The first kappa shape index (κ1) is 17.8. The summed E-state index contributed by atoms with van der Waals surface area (Å²) >= 11 is 8.62. The SMILES string of the molecule is CC(C)NC(=O)CN(C)Cn1nc(-c2cccc(Br)c2)oc1=S. The monoisotopic (exact) mass is 398 g/mol. The molecule has 1 amide bonds. The third-order valence-corrected chi connectivity index (χ3v) is 3.70. The van der Waals surface area contributed by atoms with Crippen molar-refractivity contribution in [1.82, 2.24) is 20.0 Å². The summed E-state index contributed by atoms with van der Waals surface area (Å²) in [5, 5.41) is 7.23. The van der Waals surface area contributed by atoms with E-state index in [-0.39, 0.29) is 23.3 Å². The molecule has 0 fully saturated rings. The number of benzene rings is 1. The van der Waals surface area contributed by atoms with Gasteiger partial charge in [0.15, 0.2) is 0 Å². The first-order chi connectivity index (χ1) is 10.8. The predicted molar refractivity (Wildman–Crippen MR) is 94.4 cm³/mol. The fraction of sp³-hybridized carbons (Fsp3) is 0.400. The highest BCUT2D eigenvalue weighted by molar-refractivity contribution is 9.10. The van der Waals surface area contributed by atoms with Gasteiger partial charge in [-0.15, -0.1) is 5.10 Å². The third-order valence-electron chi connectivity index (χ3n) is 2.92. The number of hydrogen-bond donors (Lipinski definition) is 1. The Balaban J connectivity index is 2.07. The number of hydrogen-bond acceptors (Lipinski definition) is 5. The molecule has 0 bridgehead atoms. The van der Waals surface area contributed by atoms with Crippen LogP contribution in [-0.2, 0) is 11.5 Å². The summed E-state index contributed by atoms with van der Waals surface area (Å²) in [7, 11) is 1.83. The molecule has 0 saturated heterocycles. The second kappa shape index (κ2) is 7.85. The molecule has 0 aliphatic rings. The van der Waals surface area contributed by atoms with Gasteiger partial charge in [0.05, 0.1) is 13.2 Å². The Morgan fingerprint density at radius 1 is 1.52 bits per heavy atom. The maximum Gasteiger partial charge on any atom is 0.288 e. The van der Waals surface area contributed by atoms with Crippen molar-refractivity contribution in [2.45, 2.75) is 26.6 Å². The number of amides is 1. The predicted octanol–water partition coefficient (Wildman–Crippen LogP) is 3.05. The van der Waals surface area contributed by atoms with E-state index in [4.69, 9.17) is 16.6 Å². The number of aromatic nitrogens is 2. The molecular weight excluding hydrogens is 380 g/mol. The summed E-state index contributed by atoms with van der Waals surface area (Å²) in [5.74, 6) is 0.418. The second-order valence-electron chi connectivity index (χ2n) is 5.56. The molecule has 1 aromatic heterocycles. The molecule has 0 radical (unpaired) electrons. The molecule has 0 aliphatic carbocycles. The highest BCUT2D eigenvalue weighted by Gasteiger charge is 2.12. The fourth-order valence-electron chi connectivity index (χ4n) is 2.03. The first-order valence-corrected chi connectivity index (χ1v) is 8.37. The standard InChI is InChI=1S/C15H19BrN4O2S/c1-10(2)17-13(21)8-19(3)9-20-15(23)22-14(18-20)11-5-4-6-12(16)7-11/h4-7,10H,8-9H2,1-3H3,(H,17,21). The van der Waals surface area contributed by atoms with Crippen LogP contribution in [0.3, 0.4) is 0 Å². The van der Waals surface area contributed by atoms with Crippen LogP contribution in [-0.4, -0.2) is 40.2 Å². The molecule has 2 rings (SSSR count). The van der Waals surface area contributed by atoms with E-state index >= 15 is 0 Å². The van der Waals surface area contributed by atoms with E-state index < -0.39 is 0 Å². The highest BCUT2D eigenvalue weighted by atomic mass is 79.9. The molecule has 1 aromatic carbocycles. The molecule has 6 nitrogen and oxygen atoms in total. The summed E-state index contributed by atoms with van der Waals surface area (Å²) in [6.45, 7) is 4.49. The lowest BCUT2D eigenvalue weighted by Crippen LogP contribution is -2.39. The molecule has 2 aromatic rings. The molecule has 23 heavy (non-hydrogen) atoms. The quantitative estimate of drug-likeness (QED) is 0.757. The molecular formula is C15H19BrN4O2S. The van der Waals surface area contributed by atoms with Crippen molar-refractivity contribution in [1.29, 1.82) is 0 Å². The molecule has 0 spiro atoms. The van der Waals surface area contributed by atoms with Crippen LogP contribution >= 0.6 is 28.1 Å². The zero-order valence-electron chi connectivity index (χ0n) is 13.2. The number of likely N-dealkylation sites (N-methyl/N-ethyl adjacent to an activating group) is 1. The molecule has 1 N–H and O–H groups in total. The van der Waals surface area contributed by atoms with Crippen molar-refractivity contribution >= 4 is 34.1 Å². The van der Waals surface area contributed by atoms with E-state index in [1.807, 2.05) is 50.1 Å². The van der Waals surface area contributed by atoms with Gasteiger partial charge in [-0.25, -0.2) is 4.68 Å². The lowest BCUT2D eigenvalue weighted by atomic mass is 10.2. The summed E-state index contributed by atoms with van der Waals surface area (Å²) < 4.78 is 8.05. The maximum absolute atomic E-state index is 11.8. The van der Waals surface area contributed by atoms with E-state index in [2.05, 4.69) is 26.3 Å². The van der Waals surface area contributed by atoms with Crippen LogP contribution in [0.1, 0.15) is 13.8 Å². The van der Waals surface area contributed by atoms with Crippen LogP contribution in [0.2, 0.25) is 0 Å². The Bertz CT molecular complexity index is 741. The Morgan fingerprint density at radius 3 is 2.91 bits per heavy atom. The lowest BCUT2D eigenvalue weighted by molar-refractivity contribution is -0.122. The fourth-order valence-corrected chi connectivity index (χ4v) is 2.60. The third kappa shape index (κ3) is 5.26. The molecule has 8 heteroatoms. The lowest BCUT2D eigenvalue weighted by Gasteiger charge is -2.16. The Kier molecular flexibility index (Phi) is 6.09. The number of nitrogens with one attached hydrogen (secondary N) is 1. The van der Waals surface area contributed by atoms with Crippen molar-refractivity contribution in [3.05, 3.63) is 33.6 Å². The van der Waals surface area contributed by atoms with E-state index in [0.29, 0.717) is 12.6 Å². The molecule has 124 valence electrons. The van der Waals surface area contributed by atoms with Crippen molar-refractivity contribution in [3.63, 3.8) is 0 Å². The number of rotatable bonds is 6. The van der Waals surface area contributed by atoms with Gasteiger partial charge in [0.2, 0.25) is 11.8 Å². The maximum atomic E-state index is 11.8. The molecule has 0 aliphatic heterocycles. The van der Waals surface area contributed by atoms with Crippen LogP contribution in [0.5, 0.6) is 0 Å². The highest BCUT2D eigenvalue weighted by Crippen LogP contribution is 2.21. The number of halogens is 1. The van der Waals surface area contributed by atoms with Gasteiger partial charge in [-0.1, -0.05) is 22.0 Å². The molecule has 0 unspecified atom stereocenters. The average molecular weight is 399 g/mol. The van der Waals surface area contributed by atoms with E-state index in [9.17, 15) is 4.79 Å². The van der Waals surface area contributed by atoms with Crippen molar-refractivity contribution in [2.24, 2.45) is 0 Å². The smallest absolute Gasteiger partial charge is 0.288 e. The number of carbonyl (C=O) groups is 1. The van der Waals surface area contributed by atoms with E-state index in [0.717, 1.165) is 10.0 Å². The number of nitrogens with zero attached hydrogens (tertiary/aromatic N) is 3. The summed E-state index contributed by atoms with van der Waals surface area (Å²) in [4.78, 5) is 13.9. The minimum absolute atomic E-state index is 0.0373. The van der Waals surface area contributed by atoms with Crippen LogP contribution in [0.15, 0.2) is 33.2 Å². The van der Waals surface area contributed by atoms with Gasteiger partial charge in [0.25, 0.3) is 4.84 Å². The molecule has 1 heterocycles. The van der Waals surface area contributed by atoms with Crippen LogP contribution in [0.4, 0.5) is 0 Å². The minimum atomic E-state index is -0.0373. The van der Waals surface area contributed by atoms with Gasteiger partial charge >= 0.3 is 0 Å². The largest absolute Gasteiger partial charge is 0.409 e. The van der Waals surface area contributed by atoms with Gasteiger partial charge in [0, 0.05) is 16.1 Å². The Labute approximate surface area is 148 Å². The van der Waals surface area contributed by atoms with E-state index in [1.165, 1.54) is 0 Å². The first-order valence-electron chi connectivity index (χ1n) is 7.17. The van der Waals surface area contributed by atoms with Crippen LogP contribution < -0.4 is 5.32 Å².